The normalized spacial score (nSPS) is 12.9. The van der Waals surface area contributed by atoms with Gasteiger partial charge < -0.3 is 10.2 Å². The third kappa shape index (κ3) is 12.3. The largest absolute Gasteiger partial charge is 0.396 e. The molecule has 0 amide bonds. The van der Waals surface area contributed by atoms with E-state index in [1.807, 2.05) is 102 Å². The standard InChI is InChI=1S/2C12H15NO.2C2H6/c2*1-10(9-13)12(7-8-14)11-5-3-2-4-6-11;2*1-2/h2*2-6,10,12,14H,7-8H2,1H3;2*1-2H3/t2*10-,12-;;/m10../s1. The minimum Gasteiger partial charge on any atom is -0.396 e. The number of nitrogens with zero attached hydrogens (tertiary/aromatic N) is 2. The Bertz CT molecular complexity index is 670. The molecule has 0 heterocycles. The second kappa shape index (κ2) is 21.6. The first kappa shape index (κ1) is 31.5. The van der Waals surface area contributed by atoms with Gasteiger partial charge in [0.15, 0.2) is 0 Å². The summed E-state index contributed by atoms with van der Waals surface area (Å²) < 4.78 is 0. The summed E-state index contributed by atoms with van der Waals surface area (Å²) in [6, 6.07) is 24.3. The number of hydrogen-bond donors (Lipinski definition) is 2. The quantitative estimate of drug-likeness (QED) is 0.481. The summed E-state index contributed by atoms with van der Waals surface area (Å²) in [5.74, 6) is 0.187. The maximum Gasteiger partial charge on any atom is 0.0659 e. The van der Waals surface area contributed by atoms with Crippen LogP contribution in [0.4, 0.5) is 0 Å². The van der Waals surface area contributed by atoms with E-state index in [0.717, 1.165) is 11.1 Å². The molecule has 0 spiro atoms. The molecule has 0 aliphatic carbocycles. The van der Waals surface area contributed by atoms with Gasteiger partial charge in [0.1, 0.15) is 0 Å². The highest BCUT2D eigenvalue weighted by atomic mass is 16.3. The summed E-state index contributed by atoms with van der Waals surface area (Å²) in [5, 5.41) is 35.6. The van der Waals surface area contributed by atoms with E-state index >= 15 is 0 Å². The highest BCUT2D eigenvalue weighted by Gasteiger charge is 2.18. The smallest absolute Gasteiger partial charge is 0.0659 e. The number of aliphatic hydroxyl groups excluding tert-OH is 2. The van der Waals surface area contributed by atoms with E-state index in [1.54, 1.807) is 0 Å². The second-order valence-electron chi connectivity index (χ2n) is 6.89. The molecule has 32 heavy (non-hydrogen) atoms. The van der Waals surface area contributed by atoms with Crippen LogP contribution in [0.2, 0.25) is 0 Å². The molecule has 0 saturated carbocycles. The molecule has 0 aromatic heterocycles. The fraction of sp³-hybridized carbons (Fsp3) is 0.500. The van der Waals surface area contributed by atoms with Crippen molar-refractivity contribution in [1.29, 1.82) is 10.5 Å². The molecule has 0 aliphatic heterocycles. The van der Waals surface area contributed by atoms with Gasteiger partial charge in [0.2, 0.25) is 0 Å². The van der Waals surface area contributed by atoms with E-state index in [1.165, 1.54) is 0 Å². The predicted molar refractivity (Wildman–Crippen MR) is 134 cm³/mol. The first-order valence-electron chi connectivity index (χ1n) is 11.7. The van der Waals surface area contributed by atoms with E-state index in [-0.39, 0.29) is 36.9 Å². The van der Waals surface area contributed by atoms with E-state index in [4.69, 9.17) is 20.7 Å². The molecule has 0 unspecified atom stereocenters. The van der Waals surface area contributed by atoms with Gasteiger partial charge in [-0.05, 0) is 37.8 Å². The zero-order chi connectivity index (χ0) is 24.8. The maximum atomic E-state index is 8.93. The molecule has 2 rings (SSSR count). The lowest BCUT2D eigenvalue weighted by Crippen LogP contribution is -2.09. The third-order valence-corrected chi connectivity index (χ3v) is 4.95. The number of nitriles is 2. The average molecular weight is 439 g/mol. The lowest BCUT2D eigenvalue weighted by molar-refractivity contribution is 0.266. The van der Waals surface area contributed by atoms with Crippen molar-refractivity contribution in [3.05, 3.63) is 71.8 Å². The summed E-state index contributed by atoms with van der Waals surface area (Å²) >= 11 is 0. The SMILES string of the molecule is CC.CC.C[C@@H](C#N)[C@H](CCO)c1ccccc1.C[C@H](C#N)[C@@H](CCO)c1ccccc1. The maximum absolute atomic E-state index is 8.93. The van der Waals surface area contributed by atoms with Crippen LogP contribution in [0.3, 0.4) is 0 Å². The second-order valence-corrected chi connectivity index (χ2v) is 6.89. The van der Waals surface area contributed by atoms with Gasteiger partial charge in [-0.3, -0.25) is 0 Å². The Morgan fingerprint density at radius 2 is 0.906 bits per heavy atom. The minimum absolute atomic E-state index is 0.0513. The molecule has 2 aromatic carbocycles. The van der Waals surface area contributed by atoms with Crippen molar-refractivity contribution in [2.24, 2.45) is 11.8 Å². The van der Waals surface area contributed by atoms with E-state index in [0.29, 0.717) is 12.8 Å². The molecule has 4 heteroatoms. The summed E-state index contributed by atoms with van der Waals surface area (Å²) in [7, 11) is 0. The van der Waals surface area contributed by atoms with Crippen LogP contribution >= 0.6 is 0 Å². The zero-order valence-electron chi connectivity index (χ0n) is 20.7. The van der Waals surface area contributed by atoms with Crippen molar-refractivity contribution in [1.82, 2.24) is 0 Å². The van der Waals surface area contributed by atoms with Crippen molar-refractivity contribution in [3.8, 4) is 12.1 Å². The number of benzene rings is 2. The highest BCUT2D eigenvalue weighted by molar-refractivity contribution is 5.22. The highest BCUT2D eigenvalue weighted by Crippen LogP contribution is 2.27. The molecule has 0 fully saturated rings. The van der Waals surface area contributed by atoms with Gasteiger partial charge in [-0.25, -0.2) is 0 Å². The van der Waals surface area contributed by atoms with Crippen LogP contribution in [-0.2, 0) is 0 Å². The lowest BCUT2D eigenvalue weighted by Gasteiger charge is -2.18. The molecule has 2 aromatic rings. The molecular weight excluding hydrogens is 396 g/mol. The summed E-state index contributed by atoms with van der Waals surface area (Å²) in [6.45, 7) is 12.1. The van der Waals surface area contributed by atoms with Crippen molar-refractivity contribution < 1.29 is 10.2 Å². The Balaban J connectivity index is 0. The van der Waals surface area contributed by atoms with Gasteiger partial charge in [0.25, 0.3) is 0 Å². The fourth-order valence-electron chi connectivity index (χ4n) is 3.27. The molecule has 0 saturated heterocycles. The molecular formula is C28H42N2O2. The molecule has 176 valence electrons. The average Bonchev–Trinajstić information content (AvgIpc) is 2.88. The number of hydrogen-bond acceptors (Lipinski definition) is 4. The predicted octanol–water partition coefficient (Wildman–Crippen LogP) is 6.68. The van der Waals surface area contributed by atoms with Crippen LogP contribution in [0, 0.1) is 34.5 Å². The van der Waals surface area contributed by atoms with Crippen molar-refractivity contribution in [2.75, 3.05) is 13.2 Å². The van der Waals surface area contributed by atoms with E-state index in [9.17, 15) is 0 Å². The Labute approximate surface area is 196 Å². The first-order chi connectivity index (χ1) is 15.6. The first-order valence-corrected chi connectivity index (χ1v) is 11.7. The topological polar surface area (TPSA) is 88.0 Å². The molecule has 0 bridgehead atoms. The lowest BCUT2D eigenvalue weighted by atomic mass is 9.86. The fourth-order valence-corrected chi connectivity index (χ4v) is 3.27. The molecule has 4 nitrogen and oxygen atoms in total. The summed E-state index contributed by atoms with van der Waals surface area (Å²) in [4.78, 5) is 0. The van der Waals surface area contributed by atoms with Gasteiger partial charge in [0, 0.05) is 25.0 Å². The Kier molecular flexibility index (Phi) is 21.2. The van der Waals surface area contributed by atoms with Crippen LogP contribution in [0.5, 0.6) is 0 Å². The van der Waals surface area contributed by atoms with Crippen molar-refractivity contribution in [3.63, 3.8) is 0 Å². The van der Waals surface area contributed by atoms with Crippen LogP contribution in [0.1, 0.15) is 77.3 Å². The van der Waals surface area contributed by atoms with Crippen molar-refractivity contribution >= 4 is 0 Å². The van der Waals surface area contributed by atoms with Gasteiger partial charge in [0.05, 0.1) is 24.0 Å². The van der Waals surface area contributed by atoms with Gasteiger partial charge in [-0.15, -0.1) is 0 Å². The van der Waals surface area contributed by atoms with Gasteiger partial charge >= 0.3 is 0 Å². The van der Waals surface area contributed by atoms with Gasteiger partial charge in [-0.2, -0.15) is 10.5 Å². The van der Waals surface area contributed by atoms with Crippen molar-refractivity contribution in [2.45, 2.75) is 66.2 Å². The Hall–Kier alpha value is -2.66. The molecule has 0 aliphatic rings. The monoisotopic (exact) mass is 438 g/mol. The van der Waals surface area contributed by atoms with Crippen LogP contribution in [0.15, 0.2) is 60.7 Å². The Morgan fingerprint density at radius 3 is 1.12 bits per heavy atom. The van der Waals surface area contributed by atoms with Crippen LogP contribution in [-0.4, -0.2) is 23.4 Å². The van der Waals surface area contributed by atoms with Crippen LogP contribution in [0.25, 0.3) is 0 Å². The molecule has 0 radical (unpaired) electrons. The van der Waals surface area contributed by atoms with E-state index < -0.39 is 0 Å². The zero-order valence-corrected chi connectivity index (χ0v) is 20.7. The summed E-state index contributed by atoms with van der Waals surface area (Å²) in [6.07, 6.45) is 1.30. The number of rotatable bonds is 8. The molecule has 2 N–H and O–H groups in total. The van der Waals surface area contributed by atoms with E-state index in [2.05, 4.69) is 12.1 Å². The Morgan fingerprint density at radius 1 is 0.625 bits per heavy atom. The van der Waals surface area contributed by atoms with Gasteiger partial charge in [-0.1, -0.05) is 88.4 Å². The minimum atomic E-state index is -0.0513. The number of aliphatic hydroxyl groups is 2. The molecule has 4 atom stereocenters. The third-order valence-electron chi connectivity index (χ3n) is 4.95. The van der Waals surface area contributed by atoms with Crippen LogP contribution < -0.4 is 0 Å². The summed E-state index contributed by atoms with van der Waals surface area (Å²) in [5.41, 5.74) is 2.27.